The number of aldehydes is 1. The first-order valence-electron chi connectivity index (χ1n) is 5.32. The SMILES string of the molecule is Cc1ccsc1C(C=O)NC(=O)OC(C)(C)C. The zero-order chi connectivity index (χ0) is 13.1. The van der Waals surface area contributed by atoms with E-state index in [0.29, 0.717) is 6.29 Å². The maximum atomic E-state index is 11.5. The second-order valence-corrected chi connectivity index (χ2v) is 5.68. The van der Waals surface area contributed by atoms with Gasteiger partial charge >= 0.3 is 6.09 Å². The highest BCUT2D eigenvalue weighted by Gasteiger charge is 2.21. The standard InChI is InChI=1S/C12H17NO3S/c1-8-5-6-17-10(8)9(7-14)13-11(15)16-12(2,3)4/h5-7,9H,1-4H3,(H,13,15). The van der Waals surface area contributed by atoms with Crippen molar-refractivity contribution in [2.45, 2.75) is 39.3 Å². The summed E-state index contributed by atoms with van der Waals surface area (Å²) < 4.78 is 5.10. The Bertz CT molecular complexity index is 406. The summed E-state index contributed by atoms with van der Waals surface area (Å²) in [5, 5.41) is 4.43. The summed E-state index contributed by atoms with van der Waals surface area (Å²) in [5.74, 6) is 0. The number of carbonyl (C=O) groups is 2. The van der Waals surface area contributed by atoms with Crippen molar-refractivity contribution in [3.8, 4) is 0 Å². The number of hydrogen-bond donors (Lipinski definition) is 1. The molecule has 0 radical (unpaired) electrons. The Hall–Kier alpha value is -1.36. The molecular formula is C12H17NO3S. The van der Waals surface area contributed by atoms with Gasteiger partial charge in [-0.2, -0.15) is 0 Å². The molecule has 94 valence electrons. The Kier molecular flexibility index (Phi) is 4.28. The number of hydrogen-bond acceptors (Lipinski definition) is 4. The molecule has 1 N–H and O–H groups in total. The fraction of sp³-hybridized carbons (Fsp3) is 0.500. The molecule has 1 unspecified atom stereocenters. The molecule has 5 heteroatoms. The van der Waals surface area contributed by atoms with E-state index >= 15 is 0 Å². The molecule has 0 spiro atoms. The summed E-state index contributed by atoms with van der Waals surface area (Å²) in [6.45, 7) is 7.23. The fourth-order valence-corrected chi connectivity index (χ4v) is 2.23. The van der Waals surface area contributed by atoms with E-state index in [1.807, 2.05) is 18.4 Å². The van der Waals surface area contributed by atoms with Gasteiger partial charge in [0.15, 0.2) is 0 Å². The van der Waals surface area contributed by atoms with Crippen LogP contribution in [0, 0.1) is 6.92 Å². The van der Waals surface area contributed by atoms with Crippen LogP contribution in [-0.4, -0.2) is 18.0 Å². The van der Waals surface area contributed by atoms with Gasteiger partial charge in [-0.3, -0.25) is 0 Å². The van der Waals surface area contributed by atoms with Crippen molar-refractivity contribution >= 4 is 23.7 Å². The van der Waals surface area contributed by atoms with Crippen LogP contribution in [0.2, 0.25) is 0 Å². The molecule has 0 aliphatic rings. The van der Waals surface area contributed by atoms with E-state index in [1.165, 1.54) is 11.3 Å². The Morgan fingerprint density at radius 2 is 2.18 bits per heavy atom. The van der Waals surface area contributed by atoms with E-state index in [9.17, 15) is 9.59 Å². The van der Waals surface area contributed by atoms with Gasteiger partial charge in [0.25, 0.3) is 0 Å². The molecule has 1 atom stereocenters. The number of nitrogens with one attached hydrogen (secondary N) is 1. The average molecular weight is 255 g/mol. The maximum Gasteiger partial charge on any atom is 0.408 e. The quantitative estimate of drug-likeness (QED) is 0.845. The molecule has 0 saturated heterocycles. The molecule has 0 aromatic carbocycles. The summed E-state index contributed by atoms with van der Waals surface area (Å²) >= 11 is 1.44. The summed E-state index contributed by atoms with van der Waals surface area (Å²) in [6.07, 6.45) is 0.130. The van der Waals surface area contributed by atoms with Crippen molar-refractivity contribution in [2.24, 2.45) is 0 Å². The second kappa shape index (κ2) is 5.31. The molecule has 1 heterocycles. The molecule has 17 heavy (non-hydrogen) atoms. The van der Waals surface area contributed by atoms with Gasteiger partial charge in [0.05, 0.1) is 0 Å². The van der Waals surface area contributed by atoms with E-state index in [1.54, 1.807) is 20.8 Å². The molecule has 1 aromatic heterocycles. The average Bonchev–Trinajstić information content (AvgIpc) is 2.58. The van der Waals surface area contributed by atoms with Crippen LogP contribution in [0.4, 0.5) is 4.79 Å². The number of ether oxygens (including phenoxy) is 1. The van der Waals surface area contributed by atoms with Crippen molar-refractivity contribution in [1.29, 1.82) is 0 Å². The highest BCUT2D eigenvalue weighted by molar-refractivity contribution is 7.10. The van der Waals surface area contributed by atoms with Gasteiger partial charge in [-0.05, 0) is 44.7 Å². The molecule has 0 saturated carbocycles. The lowest BCUT2D eigenvalue weighted by Gasteiger charge is -2.21. The highest BCUT2D eigenvalue weighted by atomic mass is 32.1. The third-order valence-corrected chi connectivity index (χ3v) is 3.09. The molecular weight excluding hydrogens is 238 g/mol. The number of rotatable bonds is 3. The van der Waals surface area contributed by atoms with Crippen LogP contribution in [0.25, 0.3) is 0 Å². The van der Waals surface area contributed by atoms with Crippen LogP contribution >= 0.6 is 11.3 Å². The van der Waals surface area contributed by atoms with Crippen LogP contribution in [0.1, 0.15) is 37.3 Å². The van der Waals surface area contributed by atoms with Gasteiger partial charge in [0, 0.05) is 4.88 Å². The second-order valence-electron chi connectivity index (χ2n) is 4.73. The van der Waals surface area contributed by atoms with E-state index < -0.39 is 17.7 Å². The zero-order valence-electron chi connectivity index (χ0n) is 10.4. The van der Waals surface area contributed by atoms with Crippen LogP contribution in [-0.2, 0) is 9.53 Å². The first kappa shape index (κ1) is 13.7. The van der Waals surface area contributed by atoms with Gasteiger partial charge in [-0.25, -0.2) is 4.79 Å². The zero-order valence-corrected chi connectivity index (χ0v) is 11.3. The highest BCUT2D eigenvalue weighted by Crippen LogP contribution is 2.22. The lowest BCUT2D eigenvalue weighted by molar-refractivity contribution is -0.109. The number of alkyl carbamates (subject to hydrolysis) is 1. The summed E-state index contributed by atoms with van der Waals surface area (Å²) in [6, 6.07) is 1.28. The molecule has 1 amide bonds. The van der Waals surface area contributed by atoms with Crippen molar-refractivity contribution in [2.75, 3.05) is 0 Å². The van der Waals surface area contributed by atoms with Crippen LogP contribution in [0.3, 0.4) is 0 Å². The van der Waals surface area contributed by atoms with Gasteiger partial charge in [-0.1, -0.05) is 0 Å². The van der Waals surface area contributed by atoms with Gasteiger partial charge < -0.3 is 14.8 Å². The minimum atomic E-state index is -0.634. The monoisotopic (exact) mass is 255 g/mol. The fourth-order valence-electron chi connectivity index (χ4n) is 1.30. The third kappa shape index (κ3) is 4.19. The summed E-state index contributed by atoms with van der Waals surface area (Å²) in [7, 11) is 0. The summed E-state index contributed by atoms with van der Waals surface area (Å²) in [4.78, 5) is 23.4. The molecule has 0 aliphatic heterocycles. The minimum Gasteiger partial charge on any atom is -0.444 e. The summed E-state index contributed by atoms with van der Waals surface area (Å²) in [5.41, 5.74) is 0.422. The predicted molar refractivity (Wildman–Crippen MR) is 67.2 cm³/mol. The topological polar surface area (TPSA) is 55.4 Å². The van der Waals surface area contributed by atoms with Gasteiger partial charge in [-0.15, -0.1) is 11.3 Å². The smallest absolute Gasteiger partial charge is 0.408 e. The first-order chi connectivity index (χ1) is 7.83. The maximum absolute atomic E-state index is 11.5. The molecule has 0 aliphatic carbocycles. The Morgan fingerprint density at radius 3 is 2.59 bits per heavy atom. The van der Waals surface area contributed by atoms with Gasteiger partial charge in [0.1, 0.15) is 17.9 Å². The number of carbonyl (C=O) groups excluding carboxylic acids is 2. The molecule has 0 bridgehead atoms. The van der Waals surface area contributed by atoms with Crippen LogP contribution in [0.15, 0.2) is 11.4 Å². The van der Waals surface area contributed by atoms with Crippen LogP contribution in [0.5, 0.6) is 0 Å². The molecule has 1 aromatic rings. The van der Waals surface area contributed by atoms with Crippen molar-refractivity contribution in [3.05, 3.63) is 21.9 Å². The molecule has 0 fully saturated rings. The van der Waals surface area contributed by atoms with E-state index in [0.717, 1.165) is 10.4 Å². The Balaban J connectivity index is 2.69. The normalized spacial score (nSPS) is 12.9. The van der Waals surface area contributed by atoms with E-state index in [4.69, 9.17) is 4.74 Å². The third-order valence-electron chi connectivity index (χ3n) is 1.99. The van der Waals surface area contributed by atoms with Crippen LogP contribution < -0.4 is 5.32 Å². The predicted octanol–water partition coefficient (Wildman–Crippen LogP) is 2.82. The van der Waals surface area contributed by atoms with Gasteiger partial charge in [0.2, 0.25) is 0 Å². The molecule has 4 nitrogen and oxygen atoms in total. The number of amides is 1. The largest absolute Gasteiger partial charge is 0.444 e. The lowest BCUT2D eigenvalue weighted by Crippen LogP contribution is -2.35. The van der Waals surface area contributed by atoms with E-state index in [2.05, 4.69) is 5.32 Å². The van der Waals surface area contributed by atoms with Crippen molar-refractivity contribution < 1.29 is 14.3 Å². The Labute approximate surface area is 105 Å². The molecule has 1 rings (SSSR count). The van der Waals surface area contributed by atoms with Crippen molar-refractivity contribution in [1.82, 2.24) is 5.32 Å². The minimum absolute atomic E-state index is 0.567. The first-order valence-corrected chi connectivity index (χ1v) is 6.20. The van der Waals surface area contributed by atoms with Crippen molar-refractivity contribution in [3.63, 3.8) is 0 Å². The Morgan fingerprint density at radius 1 is 1.53 bits per heavy atom. The lowest BCUT2D eigenvalue weighted by atomic mass is 10.2. The number of thiophene rings is 1. The number of aryl methyl sites for hydroxylation is 1. The van der Waals surface area contributed by atoms with E-state index in [-0.39, 0.29) is 0 Å².